The summed E-state index contributed by atoms with van der Waals surface area (Å²) in [5.41, 5.74) is 1.85. The van der Waals surface area contributed by atoms with E-state index in [0.717, 1.165) is 36.2 Å². The number of carboxylic acid groups (broad SMARTS) is 1. The van der Waals surface area contributed by atoms with E-state index in [1.54, 1.807) is 12.1 Å². The lowest BCUT2D eigenvalue weighted by Gasteiger charge is -2.09. The van der Waals surface area contributed by atoms with Crippen LogP contribution in [0.3, 0.4) is 0 Å². The fourth-order valence-electron chi connectivity index (χ4n) is 2.41. The van der Waals surface area contributed by atoms with Crippen LogP contribution in [0.1, 0.15) is 42.9 Å². The molecule has 0 fully saturated rings. The number of benzene rings is 1. The molecule has 4 nitrogen and oxygen atoms in total. The Hall–Kier alpha value is -1.84. The number of aryl methyl sites for hydroxylation is 2. The van der Waals surface area contributed by atoms with Crippen molar-refractivity contribution < 1.29 is 9.90 Å². The quantitative estimate of drug-likeness (QED) is 0.895. The third-order valence-corrected chi connectivity index (χ3v) is 3.35. The van der Waals surface area contributed by atoms with Crippen LogP contribution in [0.4, 0.5) is 0 Å². The zero-order valence-corrected chi connectivity index (χ0v) is 11.7. The van der Waals surface area contributed by atoms with E-state index in [-0.39, 0.29) is 0 Å². The van der Waals surface area contributed by atoms with E-state index in [1.165, 1.54) is 0 Å². The standard InChI is InChI=1S/C15H20N2O2/c1-10(2)6-5-9-17-11(3)16-13-8-4-7-12(14(13)17)15(18)19/h4,7-8,10H,5-6,9H2,1-3H3,(H,18,19). The first-order valence-electron chi connectivity index (χ1n) is 6.70. The number of hydrogen-bond donors (Lipinski definition) is 1. The Morgan fingerprint density at radius 1 is 1.42 bits per heavy atom. The van der Waals surface area contributed by atoms with Gasteiger partial charge in [0.15, 0.2) is 0 Å². The third-order valence-electron chi connectivity index (χ3n) is 3.35. The Balaban J connectivity index is 2.41. The number of para-hydroxylation sites is 1. The molecular formula is C15H20N2O2. The molecule has 0 atom stereocenters. The maximum absolute atomic E-state index is 11.3. The van der Waals surface area contributed by atoms with Crippen molar-refractivity contribution in [3.8, 4) is 0 Å². The molecule has 0 saturated heterocycles. The van der Waals surface area contributed by atoms with Crippen molar-refractivity contribution in [2.75, 3.05) is 0 Å². The van der Waals surface area contributed by atoms with Gasteiger partial charge in [-0.05, 0) is 37.8 Å². The number of aromatic carboxylic acids is 1. The molecule has 0 aliphatic rings. The van der Waals surface area contributed by atoms with Gasteiger partial charge in [0.2, 0.25) is 0 Å². The van der Waals surface area contributed by atoms with E-state index in [9.17, 15) is 9.90 Å². The van der Waals surface area contributed by atoms with E-state index in [2.05, 4.69) is 18.8 Å². The van der Waals surface area contributed by atoms with Crippen molar-refractivity contribution in [1.29, 1.82) is 0 Å². The number of carboxylic acids is 1. The van der Waals surface area contributed by atoms with Crippen molar-refractivity contribution in [1.82, 2.24) is 9.55 Å². The Morgan fingerprint density at radius 3 is 2.79 bits per heavy atom. The molecule has 0 aliphatic heterocycles. The predicted molar refractivity (Wildman–Crippen MR) is 75.5 cm³/mol. The van der Waals surface area contributed by atoms with Gasteiger partial charge in [-0.3, -0.25) is 0 Å². The minimum absolute atomic E-state index is 0.336. The summed E-state index contributed by atoms with van der Waals surface area (Å²) >= 11 is 0. The lowest BCUT2D eigenvalue weighted by molar-refractivity contribution is 0.0698. The van der Waals surface area contributed by atoms with Crippen molar-refractivity contribution in [3.63, 3.8) is 0 Å². The summed E-state index contributed by atoms with van der Waals surface area (Å²) in [6.07, 6.45) is 2.17. The highest BCUT2D eigenvalue weighted by atomic mass is 16.4. The number of carbonyl (C=O) groups is 1. The van der Waals surface area contributed by atoms with Gasteiger partial charge in [0.05, 0.1) is 16.6 Å². The normalized spacial score (nSPS) is 11.4. The summed E-state index contributed by atoms with van der Waals surface area (Å²) in [4.78, 5) is 15.8. The van der Waals surface area contributed by atoms with Crippen LogP contribution < -0.4 is 0 Å². The molecule has 0 saturated carbocycles. The van der Waals surface area contributed by atoms with Crippen LogP contribution >= 0.6 is 0 Å². The van der Waals surface area contributed by atoms with E-state index in [4.69, 9.17) is 0 Å². The molecule has 0 spiro atoms. The SMILES string of the molecule is Cc1nc2cccc(C(=O)O)c2n1CCCC(C)C. The second kappa shape index (κ2) is 5.43. The number of hydrogen-bond acceptors (Lipinski definition) is 2. The van der Waals surface area contributed by atoms with Gasteiger partial charge in [-0.1, -0.05) is 19.9 Å². The molecule has 0 amide bonds. The maximum Gasteiger partial charge on any atom is 0.337 e. The fourth-order valence-corrected chi connectivity index (χ4v) is 2.41. The first kappa shape index (κ1) is 13.6. The molecule has 0 radical (unpaired) electrons. The molecule has 0 aliphatic carbocycles. The Labute approximate surface area is 113 Å². The topological polar surface area (TPSA) is 55.1 Å². The predicted octanol–water partition coefficient (Wildman–Crippen LogP) is 3.48. The first-order valence-corrected chi connectivity index (χ1v) is 6.70. The first-order chi connectivity index (χ1) is 9.00. The lowest BCUT2D eigenvalue weighted by atomic mass is 10.1. The molecule has 19 heavy (non-hydrogen) atoms. The zero-order chi connectivity index (χ0) is 14.0. The Morgan fingerprint density at radius 2 is 2.16 bits per heavy atom. The summed E-state index contributed by atoms with van der Waals surface area (Å²) in [6.45, 7) is 7.15. The fraction of sp³-hybridized carbons (Fsp3) is 0.467. The van der Waals surface area contributed by atoms with Crippen LogP contribution in [0.15, 0.2) is 18.2 Å². The Bertz CT molecular complexity index is 599. The maximum atomic E-state index is 11.3. The Kier molecular flexibility index (Phi) is 3.88. The van der Waals surface area contributed by atoms with Crippen LogP contribution in [0.5, 0.6) is 0 Å². The average molecular weight is 260 g/mol. The summed E-state index contributed by atoms with van der Waals surface area (Å²) in [6, 6.07) is 5.26. The van der Waals surface area contributed by atoms with Gasteiger partial charge in [-0.2, -0.15) is 0 Å². The van der Waals surface area contributed by atoms with Gasteiger partial charge in [0.25, 0.3) is 0 Å². The van der Waals surface area contributed by atoms with Gasteiger partial charge in [-0.15, -0.1) is 0 Å². The monoisotopic (exact) mass is 260 g/mol. The van der Waals surface area contributed by atoms with E-state index in [1.807, 2.05) is 17.6 Å². The highest BCUT2D eigenvalue weighted by molar-refractivity contribution is 6.01. The summed E-state index contributed by atoms with van der Waals surface area (Å²) in [5, 5.41) is 9.29. The third kappa shape index (κ3) is 2.78. The number of aromatic nitrogens is 2. The van der Waals surface area contributed by atoms with Crippen LogP contribution in [0, 0.1) is 12.8 Å². The van der Waals surface area contributed by atoms with E-state index in [0.29, 0.717) is 11.5 Å². The van der Waals surface area contributed by atoms with Gasteiger partial charge >= 0.3 is 5.97 Å². The van der Waals surface area contributed by atoms with Crippen molar-refractivity contribution >= 4 is 17.0 Å². The van der Waals surface area contributed by atoms with Crippen LogP contribution in [-0.4, -0.2) is 20.6 Å². The van der Waals surface area contributed by atoms with Gasteiger partial charge in [-0.25, -0.2) is 9.78 Å². The van der Waals surface area contributed by atoms with Crippen molar-refractivity contribution in [2.24, 2.45) is 5.92 Å². The highest BCUT2D eigenvalue weighted by Crippen LogP contribution is 2.21. The number of rotatable bonds is 5. The molecule has 4 heteroatoms. The number of fused-ring (bicyclic) bond motifs is 1. The summed E-state index contributed by atoms with van der Waals surface area (Å²) < 4.78 is 2.03. The van der Waals surface area contributed by atoms with Crippen LogP contribution in [0.2, 0.25) is 0 Å². The highest BCUT2D eigenvalue weighted by Gasteiger charge is 2.15. The molecule has 1 N–H and O–H groups in total. The second-order valence-electron chi connectivity index (χ2n) is 5.33. The lowest BCUT2D eigenvalue weighted by Crippen LogP contribution is -2.06. The van der Waals surface area contributed by atoms with Crippen molar-refractivity contribution in [3.05, 3.63) is 29.6 Å². The van der Waals surface area contributed by atoms with E-state index < -0.39 is 5.97 Å². The van der Waals surface area contributed by atoms with Crippen LogP contribution in [-0.2, 0) is 6.54 Å². The van der Waals surface area contributed by atoms with Crippen LogP contribution in [0.25, 0.3) is 11.0 Å². The molecule has 2 rings (SSSR count). The minimum atomic E-state index is -0.893. The molecule has 102 valence electrons. The molecule has 0 bridgehead atoms. The largest absolute Gasteiger partial charge is 0.478 e. The zero-order valence-electron chi connectivity index (χ0n) is 11.7. The van der Waals surface area contributed by atoms with Gasteiger partial charge in [0, 0.05) is 6.54 Å². The molecular weight excluding hydrogens is 240 g/mol. The number of imidazole rings is 1. The average Bonchev–Trinajstić information content (AvgIpc) is 2.65. The second-order valence-corrected chi connectivity index (χ2v) is 5.33. The summed E-state index contributed by atoms with van der Waals surface area (Å²) in [5.74, 6) is 0.650. The van der Waals surface area contributed by atoms with E-state index >= 15 is 0 Å². The minimum Gasteiger partial charge on any atom is -0.478 e. The molecule has 1 heterocycles. The molecule has 1 aromatic carbocycles. The number of nitrogens with zero attached hydrogens (tertiary/aromatic N) is 2. The van der Waals surface area contributed by atoms with Crippen molar-refractivity contribution in [2.45, 2.75) is 40.2 Å². The molecule has 2 aromatic rings. The van der Waals surface area contributed by atoms with Gasteiger partial charge < -0.3 is 9.67 Å². The van der Waals surface area contributed by atoms with Gasteiger partial charge in [0.1, 0.15) is 5.82 Å². The molecule has 1 aromatic heterocycles. The molecule has 0 unspecified atom stereocenters. The smallest absolute Gasteiger partial charge is 0.337 e. The summed E-state index contributed by atoms with van der Waals surface area (Å²) in [7, 11) is 0.